The first-order valence-corrected chi connectivity index (χ1v) is 6.30. The van der Waals surface area contributed by atoms with Crippen LogP contribution in [0.3, 0.4) is 0 Å². The van der Waals surface area contributed by atoms with Crippen LogP contribution in [0.4, 0.5) is 0 Å². The van der Waals surface area contributed by atoms with Crippen LogP contribution >= 0.6 is 15.9 Å². The SMILES string of the molecule is CCC(C)(C)C(N)c1ccc(OC)cc1Br. The van der Waals surface area contributed by atoms with Gasteiger partial charge in [0.25, 0.3) is 0 Å². The molecule has 0 aliphatic heterocycles. The van der Waals surface area contributed by atoms with E-state index in [1.807, 2.05) is 18.2 Å². The Hall–Kier alpha value is -0.540. The molecular weight excluding hydrogens is 266 g/mol. The van der Waals surface area contributed by atoms with Gasteiger partial charge in [0.1, 0.15) is 5.75 Å². The fourth-order valence-electron chi connectivity index (χ4n) is 1.53. The van der Waals surface area contributed by atoms with E-state index in [0.29, 0.717) is 0 Å². The van der Waals surface area contributed by atoms with Gasteiger partial charge < -0.3 is 10.5 Å². The highest BCUT2D eigenvalue weighted by atomic mass is 79.9. The molecule has 16 heavy (non-hydrogen) atoms. The minimum Gasteiger partial charge on any atom is -0.497 e. The molecule has 0 heterocycles. The maximum absolute atomic E-state index is 6.30. The van der Waals surface area contributed by atoms with E-state index in [1.165, 1.54) is 0 Å². The highest BCUT2D eigenvalue weighted by molar-refractivity contribution is 9.10. The average Bonchev–Trinajstić information content (AvgIpc) is 2.28. The van der Waals surface area contributed by atoms with Gasteiger partial charge in [0.2, 0.25) is 0 Å². The molecule has 0 radical (unpaired) electrons. The second-order valence-electron chi connectivity index (χ2n) is 4.71. The molecule has 0 spiro atoms. The van der Waals surface area contributed by atoms with E-state index in [9.17, 15) is 0 Å². The Kier molecular flexibility index (Phi) is 4.39. The van der Waals surface area contributed by atoms with E-state index >= 15 is 0 Å². The van der Waals surface area contributed by atoms with Crippen LogP contribution in [0.1, 0.15) is 38.8 Å². The summed E-state index contributed by atoms with van der Waals surface area (Å²) >= 11 is 3.55. The molecule has 0 saturated carbocycles. The van der Waals surface area contributed by atoms with Crippen LogP contribution in [0.25, 0.3) is 0 Å². The highest BCUT2D eigenvalue weighted by Gasteiger charge is 2.27. The molecule has 0 fully saturated rings. The van der Waals surface area contributed by atoms with E-state index in [0.717, 1.165) is 22.2 Å². The van der Waals surface area contributed by atoms with Crippen LogP contribution in [-0.4, -0.2) is 7.11 Å². The molecule has 2 nitrogen and oxygen atoms in total. The minimum absolute atomic E-state index is 0.0257. The van der Waals surface area contributed by atoms with Crippen molar-refractivity contribution in [2.75, 3.05) is 7.11 Å². The summed E-state index contributed by atoms with van der Waals surface area (Å²) in [5.74, 6) is 0.845. The van der Waals surface area contributed by atoms with Crippen LogP contribution in [0.15, 0.2) is 22.7 Å². The van der Waals surface area contributed by atoms with Crippen molar-refractivity contribution in [2.45, 2.75) is 33.2 Å². The number of nitrogens with two attached hydrogens (primary N) is 1. The van der Waals surface area contributed by atoms with E-state index < -0.39 is 0 Å². The summed E-state index contributed by atoms with van der Waals surface area (Å²) in [6, 6.07) is 5.97. The third-order valence-corrected chi connectivity index (χ3v) is 3.98. The molecule has 0 bridgehead atoms. The number of ether oxygens (including phenoxy) is 1. The molecule has 0 amide bonds. The van der Waals surface area contributed by atoms with Gasteiger partial charge in [-0.15, -0.1) is 0 Å². The van der Waals surface area contributed by atoms with E-state index in [-0.39, 0.29) is 11.5 Å². The number of benzene rings is 1. The Bertz CT molecular complexity index is 363. The molecule has 0 saturated heterocycles. The first-order chi connectivity index (χ1) is 7.42. The molecular formula is C13H20BrNO. The van der Waals surface area contributed by atoms with Crippen LogP contribution in [0, 0.1) is 5.41 Å². The lowest BCUT2D eigenvalue weighted by molar-refractivity contribution is 0.277. The van der Waals surface area contributed by atoms with Crippen LogP contribution in [-0.2, 0) is 0 Å². The van der Waals surface area contributed by atoms with E-state index in [4.69, 9.17) is 10.5 Å². The smallest absolute Gasteiger partial charge is 0.120 e. The predicted octanol–water partition coefficient (Wildman–Crippen LogP) is 3.89. The zero-order valence-corrected chi connectivity index (χ0v) is 12.0. The van der Waals surface area contributed by atoms with Gasteiger partial charge in [-0.2, -0.15) is 0 Å². The van der Waals surface area contributed by atoms with Crippen molar-refractivity contribution in [3.05, 3.63) is 28.2 Å². The largest absolute Gasteiger partial charge is 0.497 e. The zero-order valence-electron chi connectivity index (χ0n) is 10.4. The third-order valence-electron chi connectivity index (χ3n) is 3.30. The Morgan fingerprint density at radius 1 is 1.44 bits per heavy atom. The molecule has 0 aromatic heterocycles. The lowest BCUT2D eigenvalue weighted by Gasteiger charge is -2.31. The average molecular weight is 286 g/mol. The Morgan fingerprint density at radius 2 is 2.06 bits per heavy atom. The van der Waals surface area contributed by atoms with Crippen molar-refractivity contribution >= 4 is 15.9 Å². The first-order valence-electron chi connectivity index (χ1n) is 5.51. The molecule has 2 N–H and O–H groups in total. The van der Waals surface area contributed by atoms with Crippen LogP contribution in [0.2, 0.25) is 0 Å². The van der Waals surface area contributed by atoms with Crippen LogP contribution < -0.4 is 10.5 Å². The summed E-state index contributed by atoms with van der Waals surface area (Å²) < 4.78 is 6.19. The number of methoxy groups -OCH3 is 1. The molecule has 0 aliphatic rings. The lowest BCUT2D eigenvalue weighted by Crippen LogP contribution is -2.28. The molecule has 1 aromatic carbocycles. The van der Waals surface area contributed by atoms with Crippen molar-refractivity contribution in [3.63, 3.8) is 0 Å². The Morgan fingerprint density at radius 3 is 2.50 bits per heavy atom. The van der Waals surface area contributed by atoms with Gasteiger partial charge in [-0.25, -0.2) is 0 Å². The summed E-state index contributed by atoms with van der Waals surface area (Å²) in [4.78, 5) is 0. The van der Waals surface area contributed by atoms with Gasteiger partial charge in [-0.1, -0.05) is 42.8 Å². The maximum atomic E-state index is 6.30. The highest BCUT2D eigenvalue weighted by Crippen LogP contribution is 2.38. The van der Waals surface area contributed by atoms with Gasteiger partial charge in [0.15, 0.2) is 0 Å². The lowest BCUT2D eigenvalue weighted by atomic mass is 9.79. The van der Waals surface area contributed by atoms with Crippen LogP contribution in [0.5, 0.6) is 5.75 Å². The van der Waals surface area contributed by atoms with Crippen molar-refractivity contribution in [3.8, 4) is 5.75 Å². The Labute approximate surface area is 106 Å². The summed E-state index contributed by atoms with van der Waals surface area (Å²) in [7, 11) is 1.66. The molecule has 90 valence electrons. The second-order valence-corrected chi connectivity index (χ2v) is 5.56. The maximum Gasteiger partial charge on any atom is 0.120 e. The van der Waals surface area contributed by atoms with Gasteiger partial charge >= 0.3 is 0 Å². The van der Waals surface area contributed by atoms with Gasteiger partial charge in [-0.3, -0.25) is 0 Å². The summed E-state index contributed by atoms with van der Waals surface area (Å²) in [5, 5.41) is 0. The fraction of sp³-hybridized carbons (Fsp3) is 0.538. The monoisotopic (exact) mass is 285 g/mol. The molecule has 0 aliphatic carbocycles. The number of halogens is 1. The normalized spacial score (nSPS) is 13.6. The third kappa shape index (κ3) is 2.77. The van der Waals surface area contributed by atoms with Crippen molar-refractivity contribution in [2.24, 2.45) is 11.1 Å². The molecule has 1 atom stereocenters. The fourth-order valence-corrected chi connectivity index (χ4v) is 2.13. The van der Waals surface area contributed by atoms with Crippen molar-refractivity contribution < 1.29 is 4.74 Å². The summed E-state index contributed by atoms with van der Waals surface area (Å²) in [6.45, 7) is 6.54. The standard InChI is InChI=1S/C13H20BrNO/c1-5-13(2,3)12(15)10-7-6-9(16-4)8-11(10)14/h6-8,12H,5,15H2,1-4H3. The molecule has 1 rings (SSSR count). The van der Waals surface area contributed by atoms with Gasteiger partial charge in [0, 0.05) is 10.5 Å². The summed E-state index contributed by atoms with van der Waals surface area (Å²) in [5.41, 5.74) is 7.53. The van der Waals surface area contributed by atoms with E-state index in [2.05, 4.69) is 36.7 Å². The van der Waals surface area contributed by atoms with Crippen molar-refractivity contribution in [1.82, 2.24) is 0 Å². The number of rotatable bonds is 4. The number of hydrogen-bond donors (Lipinski definition) is 1. The number of hydrogen-bond acceptors (Lipinski definition) is 2. The molecule has 1 aromatic rings. The summed E-state index contributed by atoms with van der Waals surface area (Å²) in [6.07, 6.45) is 1.05. The zero-order chi connectivity index (χ0) is 12.3. The predicted molar refractivity (Wildman–Crippen MR) is 71.7 cm³/mol. The van der Waals surface area contributed by atoms with Gasteiger partial charge in [-0.05, 0) is 29.5 Å². The van der Waals surface area contributed by atoms with E-state index in [1.54, 1.807) is 7.11 Å². The Balaban J connectivity index is 3.05. The first kappa shape index (κ1) is 13.5. The van der Waals surface area contributed by atoms with Gasteiger partial charge in [0.05, 0.1) is 7.11 Å². The molecule has 1 unspecified atom stereocenters. The molecule has 3 heteroatoms. The topological polar surface area (TPSA) is 35.2 Å². The minimum atomic E-state index is 0.0257. The second kappa shape index (κ2) is 5.19. The van der Waals surface area contributed by atoms with Crippen molar-refractivity contribution in [1.29, 1.82) is 0 Å². The quantitative estimate of drug-likeness (QED) is 0.911.